The third-order valence-corrected chi connectivity index (χ3v) is 4.85. The molecule has 8 nitrogen and oxygen atoms in total. The highest BCUT2D eigenvalue weighted by Gasteiger charge is 2.24. The SMILES string of the molecule is CC[C@@H](O)c1cc2n(n1)CCN(c1ncc(F)c(N3CCOCC3)n1)C2. The van der Waals surface area contributed by atoms with Crippen molar-refractivity contribution in [1.82, 2.24) is 19.7 Å². The molecule has 4 heterocycles. The van der Waals surface area contributed by atoms with Crippen LogP contribution in [0.1, 0.15) is 30.8 Å². The topological polar surface area (TPSA) is 79.5 Å². The number of morpholine rings is 1. The Morgan fingerprint density at radius 3 is 2.81 bits per heavy atom. The summed E-state index contributed by atoms with van der Waals surface area (Å²) in [7, 11) is 0. The van der Waals surface area contributed by atoms with Crippen LogP contribution in [-0.2, 0) is 17.8 Å². The number of halogens is 1. The van der Waals surface area contributed by atoms with Gasteiger partial charge >= 0.3 is 0 Å². The lowest BCUT2D eigenvalue weighted by molar-refractivity contribution is 0.122. The van der Waals surface area contributed by atoms with Crippen LogP contribution >= 0.6 is 0 Å². The molecule has 4 rings (SSSR count). The second kappa shape index (κ2) is 7.16. The summed E-state index contributed by atoms with van der Waals surface area (Å²) in [6.07, 6.45) is 1.33. The highest BCUT2D eigenvalue weighted by atomic mass is 19.1. The van der Waals surface area contributed by atoms with E-state index < -0.39 is 11.9 Å². The van der Waals surface area contributed by atoms with Crippen molar-refractivity contribution in [3.63, 3.8) is 0 Å². The summed E-state index contributed by atoms with van der Waals surface area (Å²) in [5.74, 6) is 0.434. The van der Waals surface area contributed by atoms with Crippen molar-refractivity contribution in [2.45, 2.75) is 32.5 Å². The maximum Gasteiger partial charge on any atom is 0.227 e. The van der Waals surface area contributed by atoms with Gasteiger partial charge in [0.05, 0.1) is 50.0 Å². The molecule has 26 heavy (non-hydrogen) atoms. The summed E-state index contributed by atoms with van der Waals surface area (Å²) < 4.78 is 21.5. The molecule has 2 aromatic rings. The zero-order valence-electron chi connectivity index (χ0n) is 14.8. The molecule has 1 N–H and O–H groups in total. The minimum Gasteiger partial charge on any atom is -0.387 e. The Balaban J connectivity index is 1.56. The van der Waals surface area contributed by atoms with Gasteiger partial charge in [-0.3, -0.25) is 4.68 Å². The Kier molecular flexibility index (Phi) is 4.73. The van der Waals surface area contributed by atoms with Crippen LogP contribution < -0.4 is 9.80 Å². The number of ether oxygens (including phenoxy) is 1. The summed E-state index contributed by atoms with van der Waals surface area (Å²) in [5.41, 5.74) is 1.69. The highest BCUT2D eigenvalue weighted by molar-refractivity contribution is 5.46. The predicted molar refractivity (Wildman–Crippen MR) is 93.5 cm³/mol. The molecule has 0 unspecified atom stereocenters. The fourth-order valence-corrected chi connectivity index (χ4v) is 3.33. The van der Waals surface area contributed by atoms with E-state index in [1.54, 1.807) is 0 Å². The first kappa shape index (κ1) is 17.2. The Morgan fingerprint density at radius 2 is 2.04 bits per heavy atom. The molecule has 1 fully saturated rings. The van der Waals surface area contributed by atoms with E-state index in [1.165, 1.54) is 6.20 Å². The molecule has 0 radical (unpaired) electrons. The number of aliphatic hydroxyl groups excluding tert-OH is 1. The summed E-state index contributed by atoms with van der Waals surface area (Å²) in [5, 5.41) is 14.5. The van der Waals surface area contributed by atoms with Crippen LogP contribution in [0.15, 0.2) is 12.3 Å². The molecule has 9 heteroatoms. The molecule has 1 atom stereocenters. The second-order valence-electron chi connectivity index (χ2n) is 6.57. The Hall–Kier alpha value is -2.26. The van der Waals surface area contributed by atoms with Crippen molar-refractivity contribution < 1.29 is 14.2 Å². The van der Waals surface area contributed by atoms with Crippen LogP contribution in [0.4, 0.5) is 16.2 Å². The van der Waals surface area contributed by atoms with Crippen LogP contribution in [-0.4, -0.2) is 57.7 Å². The minimum absolute atomic E-state index is 0.333. The lowest BCUT2D eigenvalue weighted by atomic mass is 10.2. The maximum absolute atomic E-state index is 14.2. The van der Waals surface area contributed by atoms with Gasteiger partial charge in [-0.05, 0) is 12.5 Å². The van der Waals surface area contributed by atoms with Crippen LogP contribution in [0.2, 0.25) is 0 Å². The van der Waals surface area contributed by atoms with Gasteiger partial charge in [0.25, 0.3) is 0 Å². The summed E-state index contributed by atoms with van der Waals surface area (Å²) in [6.45, 7) is 6.27. The van der Waals surface area contributed by atoms with E-state index >= 15 is 0 Å². The van der Waals surface area contributed by atoms with Crippen molar-refractivity contribution >= 4 is 11.8 Å². The van der Waals surface area contributed by atoms with Crippen LogP contribution in [0, 0.1) is 5.82 Å². The lowest BCUT2D eigenvalue weighted by Crippen LogP contribution is -2.38. The molecule has 0 aliphatic carbocycles. The summed E-state index contributed by atoms with van der Waals surface area (Å²) in [6, 6.07) is 1.92. The predicted octanol–water partition coefficient (Wildman–Crippen LogP) is 1.11. The first-order valence-electron chi connectivity index (χ1n) is 9.00. The van der Waals surface area contributed by atoms with Crippen LogP contribution in [0.5, 0.6) is 0 Å². The third-order valence-electron chi connectivity index (χ3n) is 4.85. The van der Waals surface area contributed by atoms with Gasteiger partial charge < -0.3 is 19.6 Å². The first-order valence-corrected chi connectivity index (χ1v) is 9.00. The van der Waals surface area contributed by atoms with E-state index in [1.807, 2.05) is 27.5 Å². The molecule has 0 spiro atoms. The average Bonchev–Trinajstić information content (AvgIpc) is 3.11. The molecular weight excluding hydrogens is 339 g/mol. The number of rotatable bonds is 4. The van der Waals surface area contributed by atoms with Crippen molar-refractivity contribution in [1.29, 1.82) is 0 Å². The quantitative estimate of drug-likeness (QED) is 0.873. The van der Waals surface area contributed by atoms with E-state index in [0.29, 0.717) is 69.8 Å². The Bertz CT molecular complexity index is 777. The lowest BCUT2D eigenvalue weighted by Gasteiger charge is -2.30. The number of nitrogens with zero attached hydrogens (tertiary/aromatic N) is 6. The van der Waals surface area contributed by atoms with E-state index in [-0.39, 0.29) is 0 Å². The maximum atomic E-state index is 14.2. The first-order chi connectivity index (χ1) is 12.7. The fraction of sp³-hybridized carbons (Fsp3) is 0.588. The fourth-order valence-electron chi connectivity index (χ4n) is 3.33. The van der Waals surface area contributed by atoms with Crippen molar-refractivity contribution in [3.05, 3.63) is 29.5 Å². The van der Waals surface area contributed by atoms with E-state index in [2.05, 4.69) is 15.1 Å². The molecule has 2 aromatic heterocycles. The largest absolute Gasteiger partial charge is 0.387 e. The molecule has 1 saturated heterocycles. The van der Waals surface area contributed by atoms with Gasteiger partial charge in [-0.25, -0.2) is 9.37 Å². The molecular formula is C17H23FN6O2. The third kappa shape index (κ3) is 3.24. The van der Waals surface area contributed by atoms with Gasteiger partial charge in [-0.2, -0.15) is 10.1 Å². The van der Waals surface area contributed by atoms with E-state index in [4.69, 9.17) is 4.74 Å². The van der Waals surface area contributed by atoms with Crippen LogP contribution in [0.25, 0.3) is 0 Å². The standard InChI is InChI=1S/C17H23FN6O2/c1-2-15(25)14-9-12-11-23(3-4-24(12)21-14)17-19-10-13(18)16(20-17)22-5-7-26-8-6-22/h9-10,15,25H,2-8,11H2,1H3/t15-/m1/s1. The molecule has 2 aliphatic rings. The van der Waals surface area contributed by atoms with Crippen molar-refractivity contribution in [2.75, 3.05) is 42.6 Å². The molecule has 0 bridgehead atoms. The van der Waals surface area contributed by atoms with Crippen molar-refractivity contribution in [3.8, 4) is 0 Å². The average molecular weight is 362 g/mol. The normalized spacial score (nSPS) is 18.7. The molecule has 0 amide bonds. The van der Waals surface area contributed by atoms with Gasteiger partial charge in [0.1, 0.15) is 0 Å². The number of hydrogen-bond donors (Lipinski definition) is 1. The minimum atomic E-state index is -0.545. The summed E-state index contributed by atoms with van der Waals surface area (Å²) in [4.78, 5) is 12.6. The van der Waals surface area contributed by atoms with Crippen LogP contribution in [0.3, 0.4) is 0 Å². The zero-order valence-corrected chi connectivity index (χ0v) is 14.8. The van der Waals surface area contributed by atoms with Gasteiger partial charge in [0.2, 0.25) is 5.95 Å². The number of hydrogen-bond acceptors (Lipinski definition) is 7. The van der Waals surface area contributed by atoms with E-state index in [0.717, 1.165) is 5.69 Å². The zero-order chi connectivity index (χ0) is 18.1. The summed E-state index contributed by atoms with van der Waals surface area (Å²) >= 11 is 0. The second-order valence-corrected chi connectivity index (χ2v) is 6.57. The highest BCUT2D eigenvalue weighted by Crippen LogP contribution is 2.24. The van der Waals surface area contributed by atoms with Crippen molar-refractivity contribution in [2.24, 2.45) is 0 Å². The number of anilines is 2. The number of aliphatic hydroxyl groups is 1. The van der Waals surface area contributed by atoms with Gasteiger partial charge in [-0.15, -0.1) is 0 Å². The molecule has 0 saturated carbocycles. The van der Waals surface area contributed by atoms with E-state index in [9.17, 15) is 9.50 Å². The number of aromatic nitrogens is 4. The molecule has 2 aliphatic heterocycles. The molecule has 140 valence electrons. The van der Waals surface area contributed by atoms with Gasteiger partial charge in [-0.1, -0.05) is 6.92 Å². The Morgan fingerprint density at radius 1 is 1.23 bits per heavy atom. The Labute approximate surface area is 151 Å². The monoisotopic (exact) mass is 362 g/mol. The van der Waals surface area contributed by atoms with Gasteiger partial charge in [0.15, 0.2) is 11.6 Å². The number of fused-ring (bicyclic) bond motifs is 1. The smallest absolute Gasteiger partial charge is 0.227 e. The molecule has 0 aromatic carbocycles. The van der Waals surface area contributed by atoms with Gasteiger partial charge in [0, 0.05) is 19.6 Å².